The van der Waals surface area contributed by atoms with Crippen LogP contribution in [0.5, 0.6) is 0 Å². The van der Waals surface area contributed by atoms with Crippen LogP contribution in [0.25, 0.3) is 58.9 Å². The monoisotopic (exact) mass is 908 g/mol. The Morgan fingerprint density at radius 1 is 0.603 bits per heavy atom. The minimum Gasteiger partial charge on any atom is -0.775 e. The Labute approximate surface area is 403 Å². The predicted molar refractivity (Wildman–Crippen MR) is 287 cm³/mol. The van der Waals surface area contributed by atoms with Crippen LogP contribution in [-0.2, 0) is 14.4 Å². The molecule has 0 radical (unpaired) electrons. The van der Waals surface area contributed by atoms with Crippen LogP contribution >= 0.6 is 0 Å². The van der Waals surface area contributed by atoms with Crippen molar-refractivity contribution in [3.8, 4) is 0 Å². The Balaban J connectivity index is 1.58. The second-order valence-electron chi connectivity index (χ2n) is 18.5. The molecular formula is C59H67N6O3-. The second kappa shape index (κ2) is 22.8. The summed E-state index contributed by atoms with van der Waals surface area (Å²) >= 11 is 0. The van der Waals surface area contributed by atoms with Gasteiger partial charge < -0.3 is 25.8 Å². The highest BCUT2D eigenvalue weighted by Gasteiger charge is 2.46. The normalized spacial score (nSPS) is 13.4. The van der Waals surface area contributed by atoms with Gasteiger partial charge in [-0.15, -0.1) is 0 Å². The van der Waals surface area contributed by atoms with Crippen LogP contribution in [0.15, 0.2) is 96.2 Å². The Kier molecular flexibility index (Phi) is 16.5. The maximum Gasteiger partial charge on any atom is 0.221 e. The minimum absolute atomic E-state index is 0.204. The molecule has 352 valence electrons. The lowest BCUT2D eigenvalue weighted by molar-refractivity contribution is -0.116. The molecule has 0 saturated carbocycles. The van der Waals surface area contributed by atoms with Crippen LogP contribution in [0.1, 0.15) is 136 Å². The van der Waals surface area contributed by atoms with Crippen molar-refractivity contribution in [2.24, 2.45) is 0 Å². The highest BCUT2D eigenvalue weighted by atomic mass is 16.2. The van der Waals surface area contributed by atoms with Gasteiger partial charge in [0.25, 0.3) is 0 Å². The summed E-state index contributed by atoms with van der Waals surface area (Å²) in [5.74, 6) is 0.234. The van der Waals surface area contributed by atoms with Gasteiger partial charge in [0.15, 0.2) is 5.78 Å². The molecule has 6 aromatic carbocycles. The molecule has 0 saturated heterocycles. The number of Topliss-reactive ketones (excluding diaryl/α,β-unsaturated/α-hetero) is 1. The zero-order valence-electron chi connectivity index (χ0n) is 41.0. The minimum atomic E-state index is -1.07. The average molecular weight is 908 g/mol. The summed E-state index contributed by atoms with van der Waals surface area (Å²) in [4.78, 5) is 51.1. The molecule has 9 heteroatoms. The number of hydrogen-bond acceptors (Lipinski definition) is 5. The third kappa shape index (κ3) is 10.4. The number of carbonyl (C=O) groups excluding carboxylic acids is 3. The number of rotatable bonds is 23. The van der Waals surface area contributed by atoms with Gasteiger partial charge >= 0.3 is 0 Å². The first-order valence-corrected chi connectivity index (χ1v) is 25.1. The molecule has 6 aromatic rings. The fourth-order valence-electron chi connectivity index (χ4n) is 10.2. The van der Waals surface area contributed by atoms with Gasteiger partial charge in [-0.2, -0.15) is 0 Å². The topological polar surface area (TPSA) is 108 Å². The summed E-state index contributed by atoms with van der Waals surface area (Å²) in [5, 5.41) is 24.5. The van der Waals surface area contributed by atoms with E-state index in [2.05, 4.69) is 95.2 Å². The summed E-state index contributed by atoms with van der Waals surface area (Å²) in [6.07, 6.45) is 12.7. The molecule has 1 unspecified atom stereocenters. The molecule has 7 rings (SSSR count). The van der Waals surface area contributed by atoms with Gasteiger partial charge in [0.05, 0.1) is 18.2 Å². The number of unbranched alkanes of at least 4 members (excludes halogenated alkanes) is 8. The van der Waals surface area contributed by atoms with Crippen molar-refractivity contribution in [3.63, 3.8) is 0 Å². The van der Waals surface area contributed by atoms with Gasteiger partial charge in [-0.3, -0.25) is 20.3 Å². The number of hydrogen-bond donors (Lipinski definition) is 2. The van der Waals surface area contributed by atoms with Gasteiger partial charge in [0.2, 0.25) is 17.5 Å². The molecule has 2 N–H and O–H groups in total. The van der Waals surface area contributed by atoms with E-state index in [4.69, 9.17) is 6.57 Å². The first-order chi connectivity index (χ1) is 33.1. The number of nitrogens with zero attached hydrogens (tertiary/aromatic N) is 4. The molecule has 68 heavy (non-hydrogen) atoms. The fourth-order valence-corrected chi connectivity index (χ4v) is 10.2. The standard InChI is InChI=1S/C59H67N6O3/c1-8-12-20-28-64(29-21-13-9-2)52-36-49(62-39(5)66)54(47-34-43-26-18-16-24-41(43)32-45(47)52)57-56(51(38-60)61-7)58(59(57)68)55-48-35-44-27-19-17-25-42(44)33-46(48)53(37-50(55)63-40(6)67)65(30-22-14-10-3)31-23-15-11-4/h16-19,24-27,32-37,57H,8-15,20-23,28-31H2,1-6H3,(H,62,66)(H,63,67)/q-1. The molecular weight excluding hydrogens is 841 g/mol. The molecule has 1 atom stereocenters. The number of ketones is 1. The highest BCUT2D eigenvalue weighted by Crippen LogP contribution is 2.56. The predicted octanol–water partition coefficient (Wildman–Crippen LogP) is 14.8. The van der Waals surface area contributed by atoms with Crippen molar-refractivity contribution in [2.75, 3.05) is 46.6 Å². The van der Waals surface area contributed by atoms with E-state index < -0.39 is 5.92 Å². The quantitative estimate of drug-likeness (QED) is 0.0288. The van der Waals surface area contributed by atoms with Crippen molar-refractivity contribution in [1.29, 1.82) is 0 Å². The van der Waals surface area contributed by atoms with E-state index in [0.717, 1.165) is 158 Å². The number of carbonyl (C=O) groups is 3. The van der Waals surface area contributed by atoms with Crippen LogP contribution in [0.3, 0.4) is 0 Å². The maximum atomic E-state index is 15.8. The summed E-state index contributed by atoms with van der Waals surface area (Å²) in [7, 11) is 0. The fraction of sp³-hybridized carbons (Fsp3) is 0.390. The van der Waals surface area contributed by atoms with E-state index in [9.17, 15) is 15.0 Å². The Morgan fingerprint density at radius 2 is 1.00 bits per heavy atom. The van der Waals surface area contributed by atoms with E-state index >= 15 is 4.79 Å². The molecule has 0 spiro atoms. The summed E-state index contributed by atoms with van der Waals surface area (Å²) < 4.78 is 0. The molecule has 2 amide bonds. The van der Waals surface area contributed by atoms with E-state index in [-0.39, 0.29) is 28.9 Å². The smallest absolute Gasteiger partial charge is 0.221 e. The largest absolute Gasteiger partial charge is 0.775 e. The third-order valence-corrected chi connectivity index (χ3v) is 13.5. The van der Waals surface area contributed by atoms with Crippen molar-refractivity contribution in [2.45, 2.75) is 125 Å². The number of fused-ring (bicyclic) bond motifs is 4. The van der Waals surface area contributed by atoms with Crippen molar-refractivity contribution >= 4 is 94.9 Å². The lowest BCUT2D eigenvalue weighted by atomic mass is 9.66. The van der Waals surface area contributed by atoms with Gasteiger partial charge in [-0.05, 0) is 106 Å². The molecule has 0 aliphatic heterocycles. The van der Waals surface area contributed by atoms with E-state index in [1.54, 1.807) is 0 Å². The molecule has 0 heterocycles. The van der Waals surface area contributed by atoms with Gasteiger partial charge in [0.1, 0.15) is 0 Å². The Hall–Kier alpha value is -6.75. The first kappa shape index (κ1) is 49.2. The van der Waals surface area contributed by atoms with Crippen LogP contribution in [0.2, 0.25) is 0 Å². The Bertz CT molecular complexity index is 2970. The van der Waals surface area contributed by atoms with Crippen molar-refractivity contribution < 1.29 is 14.4 Å². The van der Waals surface area contributed by atoms with Gasteiger partial charge in [-0.25, -0.2) is 4.85 Å². The molecule has 0 fully saturated rings. The summed E-state index contributed by atoms with van der Waals surface area (Å²) in [6, 6.07) is 28.9. The van der Waals surface area contributed by atoms with E-state index in [1.165, 1.54) is 13.8 Å². The Morgan fingerprint density at radius 3 is 1.41 bits per heavy atom. The van der Waals surface area contributed by atoms with Gasteiger partial charge in [0, 0.05) is 79.0 Å². The lowest BCUT2D eigenvalue weighted by Crippen LogP contribution is -2.32. The number of nitrogens with one attached hydrogen (secondary N) is 2. The van der Waals surface area contributed by atoms with Crippen molar-refractivity contribution in [3.05, 3.63) is 124 Å². The van der Waals surface area contributed by atoms with Crippen LogP contribution in [-0.4, -0.2) is 49.6 Å². The second-order valence-corrected chi connectivity index (χ2v) is 18.5. The number of amides is 2. The summed E-state index contributed by atoms with van der Waals surface area (Å²) in [5.41, 5.74) is 4.24. The average Bonchev–Trinajstić information content (AvgIpc) is 3.33. The molecule has 1 aliphatic rings. The zero-order chi connectivity index (χ0) is 48.3. The van der Waals surface area contributed by atoms with Crippen molar-refractivity contribution in [1.82, 2.24) is 0 Å². The first-order valence-electron chi connectivity index (χ1n) is 25.1. The third-order valence-electron chi connectivity index (χ3n) is 13.5. The summed E-state index contributed by atoms with van der Waals surface area (Å²) in [6.45, 7) is 23.5. The van der Waals surface area contributed by atoms with Gasteiger partial charge in [-0.1, -0.05) is 128 Å². The molecule has 0 bridgehead atoms. The number of allylic oxidation sites excluding steroid dienone is 2. The SMILES string of the molecule is [C-]#[N+]C(=C=[N-])C1=C(c2c(NC(C)=O)cc(N(CCCCC)CCCCC)c3cc4ccccc4cc23)C(=O)C1c1c(NC(C)=O)cc(N(CCCCC)CCCCC)c2cc3ccccc3cc12. The zero-order valence-corrected chi connectivity index (χ0v) is 41.0. The van der Waals surface area contributed by atoms with Crippen LogP contribution < -0.4 is 20.4 Å². The van der Waals surface area contributed by atoms with E-state index in [1.807, 2.05) is 48.5 Å². The molecule has 9 nitrogen and oxygen atoms in total. The maximum absolute atomic E-state index is 15.8. The number of benzene rings is 6. The van der Waals surface area contributed by atoms with Crippen LogP contribution in [0.4, 0.5) is 22.7 Å². The van der Waals surface area contributed by atoms with E-state index in [0.29, 0.717) is 28.1 Å². The van der Waals surface area contributed by atoms with Crippen LogP contribution in [0, 0.1) is 6.57 Å². The lowest BCUT2D eigenvalue weighted by Gasteiger charge is -2.37. The molecule has 1 aliphatic carbocycles. The molecule has 0 aromatic heterocycles. The highest BCUT2D eigenvalue weighted by molar-refractivity contribution is 6.39. The number of anilines is 4.